The second-order valence-corrected chi connectivity index (χ2v) is 2.58. The molecule has 1 saturated heterocycles. The first kappa shape index (κ1) is 7.31. The molecule has 10 heavy (non-hydrogen) atoms. The van der Waals surface area contributed by atoms with Crippen molar-refractivity contribution in [2.24, 2.45) is 0 Å². The molecule has 2 amide bonds. The average molecular weight is 146 g/mol. The van der Waals surface area contributed by atoms with Gasteiger partial charge in [-0.05, 0) is 0 Å². The summed E-state index contributed by atoms with van der Waals surface area (Å²) in [7, 11) is 3.30. The summed E-state index contributed by atoms with van der Waals surface area (Å²) in [5, 5.41) is 0. The number of carbonyl (C=O) groups is 1. The van der Waals surface area contributed by atoms with E-state index in [-0.39, 0.29) is 12.1 Å². The van der Waals surface area contributed by atoms with Crippen molar-refractivity contribution < 1.29 is 9.18 Å². The molecule has 58 valence electrons. The topological polar surface area (TPSA) is 23.6 Å². The maximum Gasteiger partial charge on any atom is 0.319 e. The number of hydrogen-bond donors (Lipinski definition) is 0. The molecule has 0 saturated carbocycles. The summed E-state index contributed by atoms with van der Waals surface area (Å²) in [6.07, 6.45) is 0. The number of urea groups is 1. The summed E-state index contributed by atoms with van der Waals surface area (Å²) in [5.41, 5.74) is 0. The van der Waals surface area contributed by atoms with Crippen LogP contribution in [0.25, 0.3) is 0 Å². The Hall–Kier alpha value is -0.800. The zero-order valence-corrected chi connectivity index (χ0v) is 6.17. The van der Waals surface area contributed by atoms with E-state index >= 15 is 0 Å². The van der Waals surface area contributed by atoms with Gasteiger partial charge in [0.2, 0.25) is 0 Å². The molecule has 0 N–H and O–H groups in total. The van der Waals surface area contributed by atoms with Gasteiger partial charge in [0.1, 0.15) is 6.67 Å². The number of likely N-dealkylation sites (N-methyl/N-ethyl adjacent to an activating group) is 2. The van der Waals surface area contributed by atoms with Gasteiger partial charge in [0.15, 0.2) is 0 Å². The second-order valence-electron chi connectivity index (χ2n) is 2.58. The first-order valence-corrected chi connectivity index (χ1v) is 3.20. The van der Waals surface area contributed by atoms with E-state index in [0.29, 0.717) is 6.54 Å². The largest absolute Gasteiger partial charge is 0.326 e. The highest BCUT2D eigenvalue weighted by Crippen LogP contribution is 2.11. The summed E-state index contributed by atoms with van der Waals surface area (Å²) in [6.45, 7) is 0.0540. The Balaban J connectivity index is 2.61. The Kier molecular flexibility index (Phi) is 1.78. The Labute approximate surface area is 59.4 Å². The third kappa shape index (κ3) is 0.936. The third-order valence-corrected chi connectivity index (χ3v) is 1.84. The van der Waals surface area contributed by atoms with E-state index in [9.17, 15) is 9.18 Å². The molecule has 0 aromatic heterocycles. The molecule has 0 bridgehead atoms. The lowest BCUT2D eigenvalue weighted by Gasteiger charge is -2.13. The molecule has 0 aliphatic carbocycles. The molecule has 0 aromatic rings. The first-order valence-electron chi connectivity index (χ1n) is 3.20. The quantitative estimate of drug-likeness (QED) is 0.522. The number of nitrogens with zero attached hydrogens (tertiary/aromatic N) is 2. The maximum atomic E-state index is 12.1. The number of amides is 2. The van der Waals surface area contributed by atoms with Gasteiger partial charge in [0, 0.05) is 20.6 Å². The van der Waals surface area contributed by atoms with E-state index < -0.39 is 6.67 Å². The van der Waals surface area contributed by atoms with Crippen LogP contribution in [0, 0.1) is 0 Å². The van der Waals surface area contributed by atoms with Gasteiger partial charge >= 0.3 is 6.03 Å². The Bertz CT molecular complexity index is 151. The second kappa shape index (κ2) is 2.44. The van der Waals surface area contributed by atoms with Crippen molar-refractivity contribution in [3.05, 3.63) is 0 Å². The number of hydrogen-bond acceptors (Lipinski definition) is 1. The molecule has 1 rings (SSSR count). The normalized spacial score (nSPS) is 26.3. The van der Waals surface area contributed by atoms with Crippen LogP contribution in [0.4, 0.5) is 9.18 Å². The molecule has 1 aliphatic rings. The Morgan fingerprint density at radius 1 is 1.70 bits per heavy atom. The zero-order valence-electron chi connectivity index (χ0n) is 6.17. The monoisotopic (exact) mass is 146 g/mol. The minimum absolute atomic E-state index is 0.0948. The van der Waals surface area contributed by atoms with Crippen LogP contribution in [0.1, 0.15) is 0 Å². The summed E-state index contributed by atoms with van der Waals surface area (Å²) in [6, 6.07) is -0.333. The highest BCUT2D eigenvalue weighted by atomic mass is 19.1. The Morgan fingerprint density at radius 2 is 2.30 bits per heavy atom. The number of halogens is 1. The molecule has 3 nitrogen and oxygen atoms in total. The molecule has 1 unspecified atom stereocenters. The molecule has 0 aromatic carbocycles. The number of rotatable bonds is 1. The Morgan fingerprint density at radius 3 is 2.50 bits per heavy atom. The van der Waals surface area contributed by atoms with Gasteiger partial charge in [0.05, 0.1) is 6.04 Å². The fraction of sp³-hybridized carbons (Fsp3) is 0.833. The third-order valence-electron chi connectivity index (χ3n) is 1.84. The molecular weight excluding hydrogens is 135 g/mol. The van der Waals surface area contributed by atoms with Crippen LogP contribution in [0.2, 0.25) is 0 Å². The van der Waals surface area contributed by atoms with Crippen molar-refractivity contribution in [3.8, 4) is 0 Å². The van der Waals surface area contributed by atoms with Crippen LogP contribution in [0.5, 0.6) is 0 Å². The summed E-state index contributed by atoms with van der Waals surface area (Å²) in [5.74, 6) is 0. The average Bonchev–Trinajstić information content (AvgIpc) is 2.17. The first-order chi connectivity index (χ1) is 4.66. The van der Waals surface area contributed by atoms with E-state index in [0.717, 1.165) is 0 Å². The van der Waals surface area contributed by atoms with E-state index in [2.05, 4.69) is 0 Å². The fourth-order valence-corrected chi connectivity index (χ4v) is 1.09. The van der Waals surface area contributed by atoms with Crippen molar-refractivity contribution in [1.29, 1.82) is 0 Å². The van der Waals surface area contributed by atoms with E-state index in [4.69, 9.17) is 0 Å². The molecule has 1 atom stereocenters. The van der Waals surface area contributed by atoms with Crippen molar-refractivity contribution in [1.82, 2.24) is 9.80 Å². The summed E-state index contributed by atoms with van der Waals surface area (Å²) in [4.78, 5) is 13.9. The SMILES string of the molecule is CN1CC(CF)N(C)C1=O. The van der Waals surface area contributed by atoms with Crippen molar-refractivity contribution in [3.63, 3.8) is 0 Å². The minimum atomic E-state index is -0.452. The molecule has 0 spiro atoms. The van der Waals surface area contributed by atoms with Crippen LogP contribution in [0.3, 0.4) is 0 Å². The van der Waals surface area contributed by atoms with Gasteiger partial charge in [0.25, 0.3) is 0 Å². The molecule has 1 aliphatic heterocycles. The van der Waals surface area contributed by atoms with E-state index in [1.54, 1.807) is 14.1 Å². The van der Waals surface area contributed by atoms with Crippen molar-refractivity contribution in [2.45, 2.75) is 6.04 Å². The van der Waals surface area contributed by atoms with Crippen LogP contribution in [-0.2, 0) is 0 Å². The molecule has 0 radical (unpaired) electrons. The maximum absolute atomic E-state index is 12.1. The van der Waals surface area contributed by atoms with Crippen LogP contribution in [-0.4, -0.2) is 49.2 Å². The number of carbonyl (C=O) groups excluding carboxylic acids is 1. The predicted octanol–water partition coefficient (Wildman–Crippen LogP) is 0.322. The summed E-state index contributed by atoms with van der Waals surface area (Å²) < 4.78 is 12.1. The van der Waals surface area contributed by atoms with E-state index in [1.807, 2.05) is 0 Å². The van der Waals surface area contributed by atoms with Gasteiger partial charge in [-0.2, -0.15) is 0 Å². The minimum Gasteiger partial charge on any atom is -0.326 e. The van der Waals surface area contributed by atoms with Crippen molar-refractivity contribution in [2.75, 3.05) is 27.3 Å². The zero-order chi connectivity index (χ0) is 7.72. The van der Waals surface area contributed by atoms with Gasteiger partial charge in [-0.1, -0.05) is 0 Å². The van der Waals surface area contributed by atoms with Crippen LogP contribution in [0.15, 0.2) is 0 Å². The molecule has 1 heterocycles. The van der Waals surface area contributed by atoms with Crippen molar-refractivity contribution >= 4 is 6.03 Å². The summed E-state index contributed by atoms with van der Waals surface area (Å²) >= 11 is 0. The predicted molar refractivity (Wildman–Crippen MR) is 35.6 cm³/mol. The van der Waals surface area contributed by atoms with Gasteiger partial charge in [-0.25, -0.2) is 9.18 Å². The lowest BCUT2D eigenvalue weighted by atomic mass is 10.3. The van der Waals surface area contributed by atoms with Crippen LogP contribution < -0.4 is 0 Å². The molecule has 1 fully saturated rings. The van der Waals surface area contributed by atoms with E-state index in [1.165, 1.54) is 9.80 Å². The van der Waals surface area contributed by atoms with Gasteiger partial charge in [-0.15, -0.1) is 0 Å². The fourth-order valence-electron chi connectivity index (χ4n) is 1.09. The highest BCUT2D eigenvalue weighted by Gasteiger charge is 2.31. The lowest BCUT2D eigenvalue weighted by Crippen LogP contribution is -2.31. The molecule has 4 heteroatoms. The highest BCUT2D eigenvalue weighted by molar-refractivity contribution is 5.76. The van der Waals surface area contributed by atoms with Crippen LogP contribution >= 0.6 is 0 Å². The lowest BCUT2D eigenvalue weighted by molar-refractivity contribution is 0.197. The molecular formula is C6H11FN2O. The van der Waals surface area contributed by atoms with Gasteiger partial charge < -0.3 is 9.80 Å². The smallest absolute Gasteiger partial charge is 0.319 e. The van der Waals surface area contributed by atoms with Gasteiger partial charge in [-0.3, -0.25) is 0 Å². The number of alkyl halides is 1. The standard InChI is InChI=1S/C6H11FN2O/c1-8-4-5(3-7)9(2)6(8)10/h5H,3-4H2,1-2H3.